The van der Waals surface area contributed by atoms with Crippen LogP contribution in [-0.2, 0) is 9.59 Å². The second-order valence-electron chi connectivity index (χ2n) is 8.21. The highest BCUT2D eigenvalue weighted by atomic mass is 35.5. The van der Waals surface area contributed by atoms with Crippen molar-refractivity contribution < 1.29 is 9.59 Å². The molecule has 2 saturated heterocycles. The third-order valence-corrected chi connectivity index (χ3v) is 5.03. The predicted molar refractivity (Wildman–Crippen MR) is 99.2 cm³/mol. The van der Waals surface area contributed by atoms with Gasteiger partial charge in [0.25, 0.3) is 0 Å². The van der Waals surface area contributed by atoms with Crippen LogP contribution in [0.15, 0.2) is 0 Å². The number of halogens is 1. The van der Waals surface area contributed by atoms with Crippen LogP contribution >= 0.6 is 12.4 Å². The molecule has 2 fully saturated rings. The molecule has 0 bridgehead atoms. The summed E-state index contributed by atoms with van der Waals surface area (Å²) >= 11 is 0. The van der Waals surface area contributed by atoms with E-state index in [1.54, 1.807) is 0 Å². The van der Waals surface area contributed by atoms with E-state index in [1.165, 1.54) is 6.42 Å². The maximum absolute atomic E-state index is 12.4. The van der Waals surface area contributed by atoms with Gasteiger partial charge in [0.15, 0.2) is 0 Å². The first-order valence-electron chi connectivity index (χ1n) is 9.13. The minimum atomic E-state index is -0.348. The third-order valence-electron chi connectivity index (χ3n) is 5.03. The van der Waals surface area contributed by atoms with E-state index in [9.17, 15) is 9.59 Å². The number of carbonyl (C=O) groups is 2. The van der Waals surface area contributed by atoms with Crippen LogP contribution in [0, 0.1) is 17.3 Å². The van der Waals surface area contributed by atoms with Gasteiger partial charge in [-0.1, -0.05) is 20.8 Å². The second-order valence-corrected chi connectivity index (χ2v) is 8.21. The Morgan fingerprint density at radius 2 is 1.96 bits per heavy atom. The molecule has 0 aliphatic carbocycles. The molecule has 2 heterocycles. The maximum Gasteiger partial charge on any atom is 0.225 e. The summed E-state index contributed by atoms with van der Waals surface area (Å²) in [5.41, 5.74) is -0.348. The van der Waals surface area contributed by atoms with Crippen LogP contribution < -0.4 is 10.6 Å². The fourth-order valence-electron chi connectivity index (χ4n) is 3.41. The van der Waals surface area contributed by atoms with Crippen molar-refractivity contribution >= 4 is 24.2 Å². The van der Waals surface area contributed by atoms with Crippen LogP contribution in [0.5, 0.6) is 0 Å². The molecule has 5 nitrogen and oxygen atoms in total. The lowest BCUT2D eigenvalue weighted by Gasteiger charge is -2.33. The largest absolute Gasteiger partial charge is 0.355 e. The lowest BCUT2D eigenvalue weighted by atomic mass is 9.93. The zero-order valence-corrected chi connectivity index (χ0v) is 16.2. The molecule has 2 aliphatic rings. The summed E-state index contributed by atoms with van der Waals surface area (Å²) in [6.07, 6.45) is 5.03. The number of nitrogens with one attached hydrogen (secondary N) is 2. The van der Waals surface area contributed by atoms with E-state index >= 15 is 0 Å². The quantitative estimate of drug-likeness (QED) is 0.791. The van der Waals surface area contributed by atoms with E-state index in [1.807, 2.05) is 25.7 Å². The van der Waals surface area contributed by atoms with Crippen molar-refractivity contribution in [3.8, 4) is 0 Å². The van der Waals surface area contributed by atoms with Crippen LogP contribution in [0.1, 0.15) is 52.9 Å². The molecule has 0 aromatic carbocycles. The molecule has 2 amide bonds. The van der Waals surface area contributed by atoms with Gasteiger partial charge in [-0.25, -0.2) is 0 Å². The molecular formula is C18H34ClN3O2. The van der Waals surface area contributed by atoms with Gasteiger partial charge in [-0.05, 0) is 50.6 Å². The first kappa shape index (κ1) is 21.2. The van der Waals surface area contributed by atoms with E-state index in [4.69, 9.17) is 0 Å². The van der Waals surface area contributed by atoms with Gasteiger partial charge in [-0.2, -0.15) is 0 Å². The summed E-state index contributed by atoms with van der Waals surface area (Å²) in [4.78, 5) is 26.4. The Labute approximate surface area is 152 Å². The zero-order chi connectivity index (χ0) is 16.9. The molecule has 140 valence electrons. The minimum absolute atomic E-state index is 0. The van der Waals surface area contributed by atoms with Gasteiger partial charge in [0, 0.05) is 31.5 Å². The number of carbonyl (C=O) groups excluding carboxylic acids is 2. The summed E-state index contributed by atoms with van der Waals surface area (Å²) < 4.78 is 0. The highest BCUT2D eigenvalue weighted by molar-refractivity contribution is 5.85. The van der Waals surface area contributed by atoms with Gasteiger partial charge >= 0.3 is 0 Å². The molecule has 0 aromatic heterocycles. The second kappa shape index (κ2) is 9.62. The Bertz CT molecular complexity index is 417. The van der Waals surface area contributed by atoms with Crippen molar-refractivity contribution in [2.75, 3.05) is 32.7 Å². The molecule has 2 aliphatic heterocycles. The summed E-state index contributed by atoms with van der Waals surface area (Å²) in [6, 6.07) is 0. The molecule has 0 saturated carbocycles. The van der Waals surface area contributed by atoms with E-state index in [0.29, 0.717) is 30.7 Å². The van der Waals surface area contributed by atoms with E-state index in [0.717, 1.165) is 45.4 Å². The standard InChI is InChI=1S/C18H33N3O2.ClH/c1-18(2,3)17(23)20-12-15-5-4-10-21(13-15)16(22)7-6-14-8-9-19-11-14;/h14-15,19H,4-13H2,1-3H3,(H,20,23);1H. The van der Waals surface area contributed by atoms with Gasteiger partial charge < -0.3 is 15.5 Å². The smallest absolute Gasteiger partial charge is 0.225 e. The van der Waals surface area contributed by atoms with Gasteiger partial charge in [0.2, 0.25) is 11.8 Å². The molecular weight excluding hydrogens is 326 g/mol. The number of hydrogen-bond acceptors (Lipinski definition) is 3. The van der Waals surface area contributed by atoms with Crippen LogP contribution in [0.3, 0.4) is 0 Å². The first-order valence-corrected chi connectivity index (χ1v) is 9.13. The Morgan fingerprint density at radius 1 is 1.21 bits per heavy atom. The summed E-state index contributed by atoms with van der Waals surface area (Å²) in [6.45, 7) is 10.3. The van der Waals surface area contributed by atoms with Crippen molar-refractivity contribution in [1.29, 1.82) is 0 Å². The van der Waals surface area contributed by atoms with E-state index < -0.39 is 0 Å². The van der Waals surface area contributed by atoms with Gasteiger partial charge in [-0.15, -0.1) is 12.4 Å². The number of nitrogens with zero attached hydrogens (tertiary/aromatic N) is 1. The van der Waals surface area contributed by atoms with Crippen molar-refractivity contribution in [2.45, 2.75) is 52.9 Å². The van der Waals surface area contributed by atoms with Crippen LogP contribution in [0.25, 0.3) is 0 Å². The lowest BCUT2D eigenvalue weighted by Crippen LogP contribution is -2.45. The Balaban J connectivity index is 0.00000288. The van der Waals surface area contributed by atoms with E-state index in [2.05, 4.69) is 10.6 Å². The van der Waals surface area contributed by atoms with Crippen LogP contribution in [0.4, 0.5) is 0 Å². The average molecular weight is 360 g/mol. The Kier molecular flexibility index (Phi) is 8.51. The molecule has 6 heteroatoms. The van der Waals surface area contributed by atoms with Crippen molar-refractivity contribution in [1.82, 2.24) is 15.5 Å². The summed E-state index contributed by atoms with van der Waals surface area (Å²) in [5, 5.41) is 6.40. The number of rotatable bonds is 5. The van der Waals surface area contributed by atoms with Crippen molar-refractivity contribution in [3.05, 3.63) is 0 Å². The molecule has 2 unspecified atom stereocenters. The van der Waals surface area contributed by atoms with Gasteiger partial charge in [0.05, 0.1) is 0 Å². The first-order chi connectivity index (χ1) is 10.9. The monoisotopic (exact) mass is 359 g/mol. The average Bonchev–Trinajstić information content (AvgIpc) is 3.03. The predicted octanol–water partition coefficient (Wildman–Crippen LogP) is 2.20. The Morgan fingerprint density at radius 3 is 2.58 bits per heavy atom. The number of likely N-dealkylation sites (tertiary alicyclic amines) is 1. The van der Waals surface area contributed by atoms with Crippen molar-refractivity contribution in [2.24, 2.45) is 17.3 Å². The number of piperidine rings is 1. The van der Waals surface area contributed by atoms with Gasteiger partial charge in [0.1, 0.15) is 0 Å². The fraction of sp³-hybridized carbons (Fsp3) is 0.889. The molecule has 24 heavy (non-hydrogen) atoms. The molecule has 0 aromatic rings. The highest BCUT2D eigenvalue weighted by Crippen LogP contribution is 2.20. The fourth-order valence-corrected chi connectivity index (χ4v) is 3.41. The maximum atomic E-state index is 12.4. The summed E-state index contributed by atoms with van der Waals surface area (Å²) in [5.74, 6) is 1.45. The van der Waals surface area contributed by atoms with Crippen molar-refractivity contribution in [3.63, 3.8) is 0 Å². The molecule has 2 atom stereocenters. The molecule has 0 radical (unpaired) electrons. The number of hydrogen-bond donors (Lipinski definition) is 2. The zero-order valence-electron chi connectivity index (χ0n) is 15.4. The lowest BCUT2D eigenvalue weighted by molar-refractivity contribution is -0.133. The molecule has 2 rings (SSSR count). The molecule has 2 N–H and O–H groups in total. The third kappa shape index (κ3) is 6.60. The van der Waals surface area contributed by atoms with Crippen LogP contribution in [0.2, 0.25) is 0 Å². The van der Waals surface area contributed by atoms with E-state index in [-0.39, 0.29) is 23.7 Å². The topological polar surface area (TPSA) is 61.4 Å². The normalized spacial score (nSPS) is 24.4. The minimum Gasteiger partial charge on any atom is -0.355 e. The SMILES string of the molecule is CC(C)(C)C(=O)NCC1CCCN(C(=O)CCC2CCNC2)C1.Cl. The highest BCUT2D eigenvalue weighted by Gasteiger charge is 2.26. The van der Waals surface area contributed by atoms with Crippen LogP contribution in [-0.4, -0.2) is 49.4 Å². The molecule has 0 spiro atoms. The summed E-state index contributed by atoms with van der Waals surface area (Å²) in [7, 11) is 0. The number of amides is 2. The Hall–Kier alpha value is -0.810. The van der Waals surface area contributed by atoms with Gasteiger partial charge in [-0.3, -0.25) is 9.59 Å².